The standard InChI is InChI=1S/C15H20N2O2/c1-2-7-13(12-16)15(18)17-10-6-11-19-14-8-4-3-5-9-14/h3-5,8-9,13H,2,6-7,10-11H2,1H3,(H,17,18). The zero-order valence-electron chi connectivity index (χ0n) is 11.3. The summed E-state index contributed by atoms with van der Waals surface area (Å²) in [7, 11) is 0. The van der Waals surface area contributed by atoms with Gasteiger partial charge in [0, 0.05) is 6.54 Å². The van der Waals surface area contributed by atoms with Crippen LogP contribution in [0.4, 0.5) is 0 Å². The van der Waals surface area contributed by atoms with E-state index in [0.29, 0.717) is 19.6 Å². The van der Waals surface area contributed by atoms with Crippen molar-refractivity contribution in [3.05, 3.63) is 30.3 Å². The average molecular weight is 260 g/mol. The molecule has 1 aromatic carbocycles. The molecule has 1 rings (SSSR count). The van der Waals surface area contributed by atoms with Crippen molar-refractivity contribution in [3.8, 4) is 11.8 Å². The van der Waals surface area contributed by atoms with Crippen LogP contribution in [0.3, 0.4) is 0 Å². The minimum atomic E-state index is -0.528. The third-order valence-electron chi connectivity index (χ3n) is 2.68. The zero-order chi connectivity index (χ0) is 13.9. The van der Waals surface area contributed by atoms with Crippen molar-refractivity contribution < 1.29 is 9.53 Å². The predicted octanol–water partition coefficient (Wildman–Crippen LogP) is 2.51. The molecule has 19 heavy (non-hydrogen) atoms. The molecule has 0 aliphatic rings. The molecule has 0 radical (unpaired) electrons. The van der Waals surface area contributed by atoms with E-state index in [0.717, 1.165) is 18.6 Å². The summed E-state index contributed by atoms with van der Waals surface area (Å²) >= 11 is 0. The maximum absolute atomic E-state index is 11.6. The molecule has 4 heteroatoms. The van der Waals surface area contributed by atoms with Crippen molar-refractivity contribution in [2.45, 2.75) is 26.2 Å². The summed E-state index contributed by atoms with van der Waals surface area (Å²) < 4.78 is 5.51. The van der Waals surface area contributed by atoms with Crippen molar-refractivity contribution in [2.75, 3.05) is 13.2 Å². The number of para-hydroxylation sites is 1. The molecule has 0 aliphatic heterocycles. The first kappa shape index (κ1) is 15.0. The van der Waals surface area contributed by atoms with Crippen LogP contribution in [0.2, 0.25) is 0 Å². The minimum Gasteiger partial charge on any atom is -0.494 e. The fourth-order valence-electron chi connectivity index (χ4n) is 1.66. The third-order valence-corrected chi connectivity index (χ3v) is 2.68. The highest BCUT2D eigenvalue weighted by Crippen LogP contribution is 2.08. The molecule has 1 atom stereocenters. The van der Waals surface area contributed by atoms with Crippen LogP contribution in [-0.2, 0) is 4.79 Å². The van der Waals surface area contributed by atoms with Gasteiger partial charge in [0.25, 0.3) is 0 Å². The van der Waals surface area contributed by atoms with Gasteiger partial charge in [-0.25, -0.2) is 0 Å². The minimum absolute atomic E-state index is 0.177. The number of carbonyl (C=O) groups is 1. The molecule has 0 bridgehead atoms. The Morgan fingerprint density at radius 3 is 2.79 bits per heavy atom. The van der Waals surface area contributed by atoms with Gasteiger partial charge in [0.1, 0.15) is 11.7 Å². The number of nitrogens with one attached hydrogen (secondary N) is 1. The highest BCUT2D eigenvalue weighted by molar-refractivity contribution is 5.80. The van der Waals surface area contributed by atoms with Gasteiger partial charge < -0.3 is 10.1 Å². The lowest BCUT2D eigenvalue weighted by Gasteiger charge is -2.09. The molecular weight excluding hydrogens is 240 g/mol. The molecular formula is C15H20N2O2. The van der Waals surface area contributed by atoms with Gasteiger partial charge in [0.15, 0.2) is 0 Å². The fourth-order valence-corrected chi connectivity index (χ4v) is 1.66. The van der Waals surface area contributed by atoms with Crippen molar-refractivity contribution in [3.63, 3.8) is 0 Å². The molecule has 0 heterocycles. The molecule has 0 aromatic heterocycles. The number of amides is 1. The van der Waals surface area contributed by atoms with E-state index in [-0.39, 0.29) is 5.91 Å². The quantitative estimate of drug-likeness (QED) is 0.730. The van der Waals surface area contributed by atoms with E-state index in [1.807, 2.05) is 43.3 Å². The molecule has 0 saturated heterocycles. The summed E-state index contributed by atoms with van der Waals surface area (Å²) in [6.07, 6.45) is 2.18. The topological polar surface area (TPSA) is 62.1 Å². The second-order valence-corrected chi connectivity index (χ2v) is 4.28. The van der Waals surface area contributed by atoms with Gasteiger partial charge in [-0.2, -0.15) is 5.26 Å². The maximum atomic E-state index is 11.6. The SMILES string of the molecule is CCCC(C#N)C(=O)NCCCOc1ccccc1. The lowest BCUT2D eigenvalue weighted by molar-refractivity contribution is -0.123. The highest BCUT2D eigenvalue weighted by atomic mass is 16.5. The number of rotatable bonds is 8. The number of nitriles is 1. The van der Waals surface area contributed by atoms with E-state index in [1.165, 1.54) is 0 Å². The molecule has 1 unspecified atom stereocenters. The molecule has 102 valence electrons. The summed E-state index contributed by atoms with van der Waals surface area (Å²) in [6, 6.07) is 11.6. The third kappa shape index (κ3) is 5.91. The Bertz CT molecular complexity index is 412. The lowest BCUT2D eigenvalue weighted by Crippen LogP contribution is -2.31. The number of benzene rings is 1. The number of nitrogens with zero attached hydrogens (tertiary/aromatic N) is 1. The number of ether oxygens (including phenoxy) is 1. The van der Waals surface area contributed by atoms with Gasteiger partial charge >= 0.3 is 0 Å². The van der Waals surface area contributed by atoms with E-state index in [9.17, 15) is 4.79 Å². The summed E-state index contributed by atoms with van der Waals surface area (Å²) in [5.74, 6) is 0.124. The van der Waals surface area contributed by atoms with Crippen molar-refractivity contribution >= 4 is 5.91 Å². The van der Waals surface area contributed by atoms with Crippen molar-refractivity contribution in [1.82, 2.24) is 5.32 Å². The average Bonchev–Trinajstić information content (AvgIpc) is 2.45. The van der Waals surface area contributed by atoms with Crippen LogP contribution in [0.1, 0.15) is 26.2 Å². The second-order valence-electron chi connectivity index (χ2n) is 4.28. The molecule has 0 fully saturated rings. The summed E-state index contributed by atoms with van der Waals surface area (Å²) in [6.45, 7) is 3.05. The first-order chi connectivity index (χ1) is 9.27. The van der Waals surface area contributed by atoms with E-state index in [4.69, 9.17) is 10.00 Å². The Labute approximate surface area is 114 Å². The Morgan fingerprint density at radius 1 is 1.42 bits per heavy atom. The van der Waals surface area contributed by atoms with Crippen molar-refractivity contribution in [1.29, 1.82) is 5.26 Å². The molecule has 0 aliphatic carbocycles. The van der Waals surface area contributed by atoms with Gasteiger partial charge in [-0.1, -0.05) is 31.5 Å². The normalized spacial score (nSPS) is 11.4. The molecule has 4 nitrogen and oxygen atoms in total. The molecule has 0 saturated carbocycles. The van der Waals surface area contributed by atoms with E-state index >= 15 is 0 Å². The molecule has 1 amide bonds. The molecule has 1 aromatic rings. The number of carbonyl (C=O) groups excluding carboxylic acids is 1. The Morgan fingerprint density at radius 2 is 2.16 bits per heavy atom. The Kier molecular flexibility index (Phi) is 7.11. The number of hydrogen-bond donors (Lipinski definition) is 1. The van der Waals surface area contributed by atoms with E-state index in [1.54, 1.807) is 0 Å². The van der Waals surface area contributed by atoms with Crippen LogP contribution in [0.15, 0.2) is 30.3 Å². The lowest BCUT2D eigenvalue weighted by atomic mass is 10.1. The first-order valence-corrected chi connectivity index (χ1v) is 6.63. The second kappa shape index (κ2) is 8.98. The van der Waals surface area contributed by atoms with Crippen LogP contribution < -0.4 is 10.1 Å². The van der Waals surface area contributed by atoms with Crippen molar-refractivity contribution in [2.24, 2.45) is 5.92 Å². The first-order valence-electron chi connectivity index (χ1n) is 6.63. The van der Waals surface area contributed by atoms with E-state index in [2.05, 4.69) is 5.32 Å². The smallest absolute Gasteiger partial charge is 0.237 e. The van der Waals surface area contributed by atoms with Gasteiger partial charge in [-0.05, 0) is 25.0 Å². The summed E-state index contributed by atoms with van der Waals surface area (Å²) in [4.78, 5) is 11.6. The maximum Gasteiger partial charge on any atom is 0.237 e. The van der Waals surface area contributed by atoms with Gasteiger partial charge in [0.05, 0.1) is 12.7 Å². The van der Waals surface area contributed by atoms with Gasteiger partial charge in [-0.3, -0.25) is 4.79 Å². The van der Waals surface area contributed by atoms with Crippen LogP contribution in [-0.4, -0.2) is 19.1 Å². The monoisotopic (exact) mass is 260 g/mol. The van der Waals surface area contributed by atoms with Crippen LogP contribution in [0.25, 0.3) is 0 Å². The zero-order valence-corrected chi connectivity index (χ0v) is 11.3. The number of hydrogen-bond acceptors (Lipinski definition) is 3. The van der Waals surface area contributed by atoms with Gasteiger partial charge in [0.2, 0.25) is 5.91 Å². The van der Waals surface area contributed by atoms with Crippen LogP contribution in [0.5, 0.6) is 5.75 Å². The van der Waals surface area contributed by atoms with Gasteiger partial charge in [-0.15, -0.1) is 0 Å². The molecule has 1 N–H and O–H groups in total. The fraction of sp³-hybridized carbons (Fsp3) is 0.467. The Hall–Kier alpha value is -2.02. The largest absolute Gasteiger partial charge is 0.494 e. The van der Waals surface area contributed by atoms with Crippen LogP contribution >= 0.6 is 0 Å². The highest BCUT2D eigenvalue weighted by Gasteiger charge is 2.15. The summed E-state index contributed by atoms with van der Waals surface area (Å²) in [5, 5.41) is 11.6. The van der Waals surface area contributed by atoms with Crippen LogP contribution in [0, 0.1) is 17.2 Å². The molecule has 0 spiro atoms. The van der Waals surface area contributed by atoms with E-state index < -0.39 is 5.92 Å². The summed E-state index contributed by atoms with van der Waals surface area (Å²) in [5.41, 5.74) is 0. The Balaban J connectivity index is 2.14. The predicted molar refractivity (Wildman–Crippen MR) is 73.6 cm³/mol.